The summed E-state index contributed by atoms with van der Waals surface area (Å²) in [5.41, 5.74) is 1.58. The average Bonchev–Trinajstić information content (AvgIpc) is 2.37. The van der Waals surface area contributed by atoms with E-state index in [4.69, 9.17) is 17.4 Å². The average molecular weight is 260 g/mol. The fraction of sp³-hybridized carbons (Fsp3) is 0.600. The molecular weight excluding hydrogens is 242 g/mol. The molecule has 0 aliphatic rings. The van der Waals surface area contributed by atoms with Gasteiger partial charge in [-0.25, -0.2) is 10.8 Å². The van der Waals surface area contributed by atoms with E-state index >= 15 is 0 Å². The van der Waals surface area contributed by atoms with Crippen molar-refractivity contribution in [3.05, 3.63) is 11.2 Å². The lowest BCUT2D eigenvalue weighted by atomic mass is 9.98. The minimum atomic E-state index is -0.759. The molecule has 6 nitrogen and oxygen atoms in total. The minimum absolute atomic E-state index is 0.272. The van der Waals surface area contributed by atoms with Gasteiger partial charge in [-0.3, -0.25) is 5.43 Å². The van der Waals surface area contributed by atoms with Crippen LogP contribution in [-0.4, -0.2) is 27.2 Å². The molecule has 17 heavy (non-hydrogen) atoms. The summed E-state index contributed by atoms with van der Waals surface area (Å²) >= 11 is 5.93. The number of nitrogens with two attached hydrogens (primary N) is 1. The first kappa shape index (κ1) is 14.0. The highest BCUT2D eigenvalue weighted by atomic mass is 35.5. The van der Waals surface area contributed by atoms with Gasteiger partial charge in [-0.15, -0.1) is 0 Å². The van der Waals surface area contributed by atoms with Gasteiger partial charge in [0.25, 0.3) is 0 Å². The molecule has 0 aliphatic carbocycles. The van der Waals surface area contributed by atoms with Gasteiger partial charge in [0.05, 0.1) is 11.8 Å². The Kier molecular flexibility index (Phi) is 4.92. The first-order valence-corrected chi connectivity index (χ1v) is 5.88. The van der Waals surface area contributed by atoms with Crippen molar-refractivity contribution >= 4 is 23.4 Å². The van der Waals surface area contributed by atoms with Gasteiger partial charge in [-0.1, -0.05) is 25.4 Å². The fourth-order valence-electron chi connectivity index (χ4n) is 1.31. The Balaban J connectivity index is 2.74. The lowest BCUT2D eigenvalue weighted by Gasteiger charge is -2.25. The van der Waals surface area contributed by atoms with E-state index in [0.717, 1.165) is 0 Å². The summed E-state index contributed by atoms with van der Waals surface area (Å²) in [6, 6.07) is 0. The van der Waals surface area contributed by atoms with Gasteiger partial charge in [0.2, 0.25) is 5.95 Å². The molecule has 0 bridgehead atoms. The summed E-state index contributed by atoms with van der Waals surface area (Å²) in [6.07, 6.45) is 2.76. The highest BCUT2D eigenvalue weighted by Crippen LogP contribution is 2.21. The van der Waals surface area contributed by atoms with Gasteiger partial charge in [0, 0.05) is 6.54 Å². The molecule has 0 saturated carbocycles. The van der Waals surface area contributed by atoms with Gasteiger partial charge in [-0.2, -0.15) is 4.98 Å². The monoisotopic (exact) mass is 259 g/mol. The van der Waals surface area contributed by atoms with Crippen molar-refractivity contribution in [2.24, 2.45) is 5.84 Å². The number of halogens is 1. The Morgan fingerprint density at radius 3 is 2.65 bits per heavy atom. The zero-order valence-electron chi connectivity index (χ0n) is 10.00. The van der Waals surface area contributed by atoms with Crippen LogP contribution in [0.5, 0.6) is 0 Å². The number of hydrogen-bond acceptors (Lipinski definition) is 6. The standard InChI is InChI=1S/C10H18ClN5O/c1-3-10(17,4-2)6-14-8-7(11)5-13-9(15-8)16-12/h5,17H,3-4,6,12H2,1-2H3,(H2,13,14,15,16). The molecule has 0 fully saturated rings. The van der Waals surface area contributed by atoms with Crippen LogP contribution < -0.4 is 16.6 Å². The summed E-state index contributed by atoms with van der Waals surface area (Å²) in [6.45, 7) is 4.24. The van der Waals surface area contributed by atoms with E-state index in [9.17, 15) is 5.11 Å². The normalized spacial score (nSPS) is 11.4. The Morgan fingerprint density at radius 1 is 1.47 bits per heavy atom. The van der Waals surface area contributed by atoms with E-state index in [1.54, 1.807) is 0 Å². The second-order valence-corrected chi connectivity index (χ2v) is 4.23. The van der Waals surface area contributed by atoms with Crippen LogP contribution in [0.3, 0.4) is 0 Å². The molecule has 0 aromatic carbocycles. The molecule has 0 atom stereocenters. The van der Waals surface area contributed by atoms with Crippen LogP contribution in [0.25, 0.3) is 0 Å². The summed E-state index contributed by atoms with van der Waals surface area (Å²) < 4.78 is 0. The largest absolute Gasteiger partial charge is 0.388 e. The van der Waals surface area contributed by atoms with Gasteiger partial charge < -0.3 is 10.4 Å². The lowest BCUT2D eigenvalue weighted by Crippen LogP contribution is -2.35. The number of aliphatic hydroxyl groups is 1. The van der Waals surface area contributed by atoms with Crippen LogP contribution in [0.15, 0.2) is 6.20 Å². The predicted octanol–water partition coefficient (Wildman–Crippen LogP) is 1.38. The maximum absolute atomic E-state index is 10.1. The molecule has 5 N–H and O–H groups in total. The Bertz CT molecular complexity index is 370. The SMILES string of the molecule is CCC(O)(CC)CNc1nc(NN)ncc1Cl. The van der Waals surface area contributed by atoms with Crippen LogP contribution in [0, 0.1) is 0 Å². The quantitative estimate of drug-likeness (QED) is 0.455. The van der Waals surface area contributed by atoms with Crippen molar-refractivity contribution in [1.82, 2.24) is 9.97 Å². The number of aromatic nitrogens is 2. The molecule has 0 aliphatic heterocycles. The number of nitrogen functional groups attached to an aromatic ring is 1. The van der Waals surface area contributed by atoms with E-state index in [1.807, 2.05) is 13.8 Å². The third-order valence-electron chi connectivity index (χ3n) is 2.77. The van der Waals surface area contributed by atoms with Crippen LogP contribution in [0.4, 0.5) is 11.8 Å². The summed E-state index contributed by atoms with van der Waals surface area (Å²) in [5.74, 6) is 5.93. The Labute approximate surface area is 106 Å². The molecule has 1 rings (SSSR count). The molecular formula is C10H18ClN5O. The van der Waals surface area contributed by atoms with Gasteiger partial charge >= 0.3 is 0 Å². The van der Waals surface area contributed by atoms with Crippen molar-refractivity contribution in [3.8, 4) is 0 Å². The topological polar surface area (TPSA) is 96.1 Å². The zero-order valence-corrected chi connectivity index (χ0v) is 10.8. The smallest absolute Gasteiger partial charge is 0.239 e. The minimum Gasteiger partial charge on any atom is -0.388 e. The Morgan fingerprint density at radius 2 is 2.12 bits per heavy atom. The summed E-state index contributed by atoms with van der Waals surface area (Å²) in [7, 11) is 0. The maximum atomic E-state index is 10.1. The van der Waals surface area contributed by atoms with Crippen LogP contribution in [0.1, 0.15) is 26.7 Å². The molecule has 96 valence electrons. The molecule has 1 aromatic rings. The molecule has 0 radical (unpaired) electrons. The number of anilines is 2. The van der Waals surface area contributed by atoms with E-state index in [1.165, 1.54) is 6.20 Å². The molecule has 1 aromatic heterocycles. The number of rotatable bonds is 6. The van der Waals surface area contributed by atoms with Gasteiger partial charge in [0.15, 0.2) is 5.82 Å². The summed E-state index contributed by atoms with van der Waals surface area (Å²) in [5, 5.41) is 13.5. The second kappa shape index (κ2) is 6.00. The van der Waals surface area contributed by atoms with E-state index in [0.29, 0.717) is 30.2 Å². The number of hydrogen-bond donors (Lipinski definition) is 4. The highest BCUT2D eigenvalue weighted by Gasteiger charge is 2.22. The van der Waals surface area contributed by atoms with Crippen molar-refractivity contribution in [2.45, 2.75) is 32.3 Å². The maximum Gasteiger partial charge on any atom is 0.239 e. The van der Waals surface area contributed by atoms with Crippen LogP contribution in [-0.2, 0) is 0 Å². The van der Waals surface area contributed by atoms with Crippen molar-refractivity contribution in [3.63, 3.8) is 0 Å². The van der Waals surface area contributed by atoms with E-state index in [-0.39, 0.29) is 5.95 Å². The molecule has 0 spiro atoms. The van der Waals surface area contributed by atoms with Crippen LogP contribution >= 0.6 is 11.6 Å². The molecule has 0 saturated heterocycles. The number of nitrogens with one attached hydrogen (secondary N) is 2. The number of nitrogens with zero attached hydrogens (tertiary/aromatic N) is 2. The number of hydrazine groups is 1. The van der Waals surface area contributed by atoms with Gasteiger partial charge in [-0.05, 0) is 12.8 Å². The molecule has 7 heteroatoms. The molecule has 1 heterocycles. The van der Waals surface area contributed by atoms with Crippen molar-refractivity contribution < 1.29 is 5.11 Å². The second-order valence-electron chi connectivity index (χ2n) is 3.82. The highest BCUT2D eigenvalue weighted by molar-refractivity contribution is 6.32. The third-order valence-corrected chi connectivity index (χ3v) is 3.05. The van der Waals surface area contributed by atoms with Gasteiger partial charge in [0.1, 0.15) is 5.02 Å². The summed E-state index contributed by atoms with van der Waals surface area (Å²) in [4.78, 5) is 7.92. The lowest BCUT2D eigenvalue weighted by molar-refractivity contribution is 0.0456. The van der Waals surface area contributed by atoms with Crippen molar-refractivity contribution in [1.29, 1.82) is 0 Å². The first-order valence-electron chi connectivity index (χ1n) is 5.50. The first-order chi connectivity index (χ1) is 8.04. The molecule has 0 amide bonds. The van der Waals surface area contributed by atoms with Crippen LogP contribution in [0.2, 0.25) is 5.02 Å². The fourth-order valence-corrected chi connectivity index (χ4v) is 1.47. The Hall–Kier alpha value is -1.11. The third kappa shape index (κ3) is 3.69. The van der Waals surface area contributed by atoms with Crippen molar-refractivity contribution in [2.75, 3.05) is 17.3 Å². The zero-order chi connectivity index (χ0) is 12.9. The molecule has 0 unspecified atom stereocenters. The predicted molar refractivity (Wildman–Crippen MR) is 68.9 cm³/mol. The van der Waals surface area contributed by atoms with E-state index < -0.39 is 5.60 Å². The van der Waals surface area contributed by atoms with E-state index in [2.05, 4.69) is 20.7 Å².